The van der Waals surface area contributed by atoms with E-state index in [2.05, 4.69) is 28.1 Å². The van der Waals surface area contributed by atoms with Crippen LogP contribution in [0.15, 0.2) is 35.9 Å². The third-order valence-electron chi connectivity index (χ3n) is 4.72. The minimum absolute atomic E-state index is 0.0726. The zero-order chi connectivity index (χ0) is 18.2. The molecular formula is C17H20N2O5S. The minimum Gasteiger partial charge on any atom is -0.352 e. The van der Waals surface area contributed by atoms with Crippen LogP contribution in [0.4, 0.5) is 0 Å². The van der Waals surface area contributed by atoms with E-state index >= 15 is 0 Å². The van der Waals surface area contributed by atoms with Crippen molar-refractivity contribution in [3.8, 4) is 0 Å². The Morgan fingerprint density at radius 3 is 2.60 bits per heavy atom. The second-order valence-corrected chi connectivity index (χ2v) is 7.15. The first kappa shape index (κ1) is 17.8. The molecule has 0 spiro atoms. The summed E-state index contributed by atoms with van der Waals surface area (Å²) in [6.07, 6.45) is 3.08. The van der Waals surface area contributed by atoms with E-state index in [0.29, 0.717) is 0 Å². The van der Waals surface area contributed by atoms with E-state index in [1.54, 1.807) is 0 Å². The molecule has 2 atom stereocenters. The second-order valence-electron chi connectivity index (χ2n) is 6.25. The molecule has 3 N–H and O–H groups in total. The molecular weight excluding hydrogens is 344 g/mol. The number of Topliss-reactive ketones (excluding diaryl/α,β-unsaturated/α-hetero) is 1. The van der Waals surface area contributed by atoms with E-state index in [-0.39, 0.29) is 11.7 Å². The number of carbonyl (C=O) groups excluding carboxylic acids is 1. The molecule has 2 bridgehead atoms. The summed E-state index contributed by atoms with van der Waals surface area (Å²) >= 11 is 0. The van der Waals surface area contributed by atoms with Gasteiger partial charge in [0.15, 0.2) is 5.78 Å². The number of para-hydroxylation sites is 1. The van der Waals surface area contributed by atoms with Gasteiger partial charge in [-0.1, -0.05) is 24.3 Å². The van der Waals surface area contributed by atoms with Crippen molar-refractivity contribution in [1.82, 2.24) is 9.88 Å². The highest BCUT2D eigenvalue weighted by Crippen LogP contribution is 2.35. The maximum Gasteiger partial charge on any atom is 0.394 e. The molecule has 3 aliphatic heterocycles. The topological polar surface area (TPSA) is 111 Å². The first-order valence-corrected chi connectivity index (χ1v) is 9.38. The Morgan fingerprint density at radius 1 is 1.24 bits per heavy atom. The lowest BCUT2D eigenvalue weighted by Gasteiger charge is -2.36. The predicted octanol–water partition coefficient (Wildman–Crippen LogP) is 2.48. The number of nitrogens with one attached hydrogen (secondary N) is 1. The van der Waals surface area contributed by atoms with Gasteiger partial charge in [0.25, 0.3) is 0 Å². The van der Waals surface area contributed by atoms with Gasteiger partial charge in [0.1, 0.15) is 0 Å². The maximum absolute atomic E-state index is 12.9. The van der Waals surface area contributed by atoms with Crippen LogP contribution in [0.5, 0.6) is 0 Å². The van der Waals surface area contributed by atoms with E-state index in [1.807, 2.05) is 19.1 Å². The standard InChI is InChI=1S/C17H18N2O.H2O4S/c1-2-11-9-19-8-7-12(11)17(20)16-14(10-19)13-5-3-4-6-15(13)18-16;1-5(2,3)4/h2-6,12,18H,7-10H2,1H3;(H2,1,2,3,4)/b11-2+;. The van der Waals surface area contributed by atoms with Crippen molar-refractivity contribution in [2.75, 3.05) is 13.1 Å². The fourth-order valence-electron chi connectivity index (χ4n) is 3.64. The smallest absolute Gasteiger partial charge is 0.352 e. The molecule has 4 heterocycles. The molecule has 3 aliphatic rings. The Hall–Kier alpha value is -2.00. The van der Waals surface area contributed by atoms with Crippen LogP contribution in [0.25, 0.3) is 10.9 Å². The molecule has 1 aromatic heterocycles. The number of benzene rings is 1. The van der Waals surface area contributed by atoms with Gasteiger partial charge in [-0.3, -0.25) is 18.8 Å². The van der Waals surface area contributed by atoms with Gasteiger partial charge < -0.3 is 4.98 Å². The molecule has 0 saturated carbocycles. The number of piperidine rings is 1. The number of fused-ring (bicyclic) bond motifs is 3. The summed E-state index contributed by atoms with van der Waals surface area (Å²) in [5, 5.41) is 1.20. The first-order valence-electron chi connectivity index (χ1n) is 7.99. The van der Waals surface area contributed by atoms with Gasteiger partial charge in [0, 0.05) is 35.5 Å². The molecule has 2 aromatic rings. The Morgan fingerprint density at radius 2 is 1.92 bits per heavy atom. The van der Waals surface area contributed by atoms with E-state index in [1.165, 1.54) is 16.5 Å². The summed E-state index contributed by atoms with van der Waals surface area (Å²) in [6, 6.07) is 8.24. The number of carbonyl (C=O) groups is 1. The number of H-pyrrole nitrogens is 1. The van der Waals surface area contributed by atoms with E-state index < -0.39 is 10.4 Å². The second kappa shape index (κ2) is 6.72. The van der Waals surface area contributed by atoms with Crippen molar-refractivity contribution in [1.29, 1.82) is 0 Å². The highest BCUT2D eigenvalue weighted by Gasteiger charge is 2.35. The quantitative estimate of drug-likeness (QED) is 0.489. The Bertz CT molecular complexity index is 937. The molecule has 25 heavy (non-hydrogen) atoms. The minimum atomic E-state index is -4.67. The van der Waals surface area contributed by atoms with Gasteiger partial charge in [-0.25, -0.2) is 0 Å². The van der Waals surface area contributed by atoms with Crippen LogP contribution in [0.1, 0.15) is 29.4 Å². The fraction of sp³-hybridized carbons (Fsp3) is 0.353. The van der Waals surface area contributed by atoms with Gasteiger partial charge in [-0.15, -0.1) is 0 Å². The van der Waals surface area contributed by atoms with Crippen LogP contribution in [0.3, 0.4) is 0 Å². The molecule has 134 valence electrons. The summed E-state index contributed by atoms with van der Waals surface area (Å²) in [5.41, 5.74) is 4.38. The lowest BCUT2D eigenvalue weighted by molar-refractivity contribution is 0.0875. The normalized spacial score (nSPS) is 24.4. The fourth-order valence-corrected chi connectivity index (χ4v) is 3.64. The molecule has 0 amide bonds. The van der Waals surface area contributed by atoms with Crippen LogP contribution in [-0.4, -0.2) is 46.3 Å². The summed E-state index contributed by atoms with van der Waals surface area (Å²) in [4.78, 5) is 18.7. The number of allylic oxidation sites excluding steroid dienone is 1. The lowest BCUT2D eigenvalue weighted by atomic mass is 9.83. The summed E-state index contributed by atoms with van der Waals surface area (Å²) < 4.78 is 31.6. The van der Waals surface area contributed by atoms with Crippen LogP contribution in [0, 0.1) is 5.92 Å². The average molecular weight is 364 g/mol. The number of aromatic nitrogens is 1. The summed E-state index contributed by atoms with van der Waals surface area (Å²) in [7, 11) is -4.67. The molecule has 1 aromatic carbocycles. The largest absolute Gasteiger partial charge is 0.394 e. The molecule has 8 heteroatoms. The first-order chi connectivity index (χ1) is 11.8. The number of nitrogens with zero attached hydrogens (tertiary/aromatic N) is 1. The monoisotopic (exact) mass is 364 g/mol. The number of hydrogen-bond donors (Lipinski definition) is 3. The maximum atomic E-state index is 12.9. The Labute approximate surface area is 145 Å². The van der Waals surface area contributed by atoms with Crippen molar-refractivity contribution >= 4 is 27.1 Å². The van der Waals surface area contributed by atoms with Crippen molar-refractivity contribution in [3.63, 3.8) is 0 Å². The van der Waals surface area contributed by atoms with Crippen LogP contribution in [0.2, 0.25) is 0 Å². The zero-order valence-electron chi connectivity index (χ0n) is 13.8. The van der Waals surface area contributed by atoms with Crippen molar-refractivity contribution in [3.05, 3.63) is 47.2 Å². The average Bonchev–Trinajstić information content (AvgIpc) is 2.89. The predicted molar refractivity (Wildman–Crippen MR) is 93.9 cm³/mol. The lowest BCUT2D eigenvalue weighted by Crippen LogP contribution is -2.40. The molecule has 5 rings (SSSR count). The Balaban J connectivity index is 0.000000324. The van der Waals surface area contributed by atoms with E-state index in [0.717, 1.165) is 37.3 Å². The molecule has 1 fully saturated rings. The molecule has 7 nitrogen and oxygen atoms in total. The highest BCUT2D eigenvalue weighted by atomic mass is 32.3. The molecule has 2 unspecified atom stereocenters. The molecule has 1 saturated heterocycles. The van der Waals surface area contributed by atoms with Crippen molar-refractivity contribution in [2.24, 2.45) is 5.92 Å². The van der Waals surface area contributed by atoms with Crippen LogP contribution >= 0.6 is 0 Å². The SMILES string of the molecule is C/C=C1\CN2CCC1C(=O)c1[nH]c3ccccc3c1C2.O=S(=O)(O)O. The van der Waals surface area contributed by atoms with Gasteiger partial charge in [0.2, 0.25) is 0 Å². The van der Waals surface area contributed by atoms with Crippen LogP contribution < -0.4 is 0 Å². The third kappa shape index (κ3) is 3.82. The zero-order valence-corrected chi connectivity index (χ0v) is 14.6. The van der Waals surface area contributed by atoms with E-state index in [9.17, 15) is 4.79 Å². The van der Waals surface area contributed by atoms with Crippen molar-refractivity contribution in [2.45, 2.75) is 19.9 Å². The van der Waals surface area contributed by atoms with Gasteiger partial charge in [-0.2, -0.15) is 8.42 Å². The summed E-state index contributed by atoms with van der Waals surface area (Å²) in [6.45, 7) is 4.88. The Kier molecular flexibility index (Phi) is 4.79. The number of ketones is 1. The van der Waals surface area contributed by atoms with Gasteiger partial charge >= 0.3 is 10.4 Å². The third-order valence-corrected chi connectivity index (χ3v) is 4.72. The highest BCUT2D eigenvalue weighted by molar-refractivity contribution is 7.79. The molecule has 0 aliphatic carbocycles. The van der Waals surface area contributed by atoms with E-state index in [4.69, 9.17) is 17.5 Å². The van der Waals surface area contributed by atoms with Gasteiger partial charge in [0.05, 0.1) is 5.69 Å². The van der Waals surface area contributed by atoms with Crippen molar-refractivity contribution < 1.29 is 22.3 Å². The van der Waals surface area contributed by atoms with Crippen LogP contribution in [-0.2, 0) is 16.9 Å². The number of aromatic amines is 1. The number of rotatable bonds is 0. The van der Waals surface area contributed by atoms with Gasteiger partial charge in [-0.05, 0) is 31.5 Å². The summed E-state index contributed by atoms with van der Waals surface area (Å²) in [5.74, 6) is 0.354. The number of hydrogen-bond acceptors (Lipinski definition) is 4. The molecule has 0 radical (unpaired) electrons.